The summed E-state index contributed by atoms with van der Waals surface area (Å²) in [6, 6.07) is 0. The fraction of sp³-hybridized carbons (Fsp3) is 0.880. The zero-order valence-electron chi connectivity index (χ0n) is 19.6. The number of hydrogen-bond acceptors (Lipinski definition) is 8. The second-order valence-electron chi connectivity index (χ2n) is 11.7. The molecule has 0 aromatic rings. The number of aliphatic carboxylic acids is 1. The zero-order chi connectivity index (χ0) is 24.6. The Labute approximate surface area is 199 Å². The highest BCUT2D eigenvalue weighted by atomic mass is 16.7. The molecule has 4 aliphatic carbocycles. The van der Waals surface area contributed by atoms with Crippen molar-refractivity contribution in [3.05, 3.63) is 12.2 Å². The van der Waals surface area contributed by atoms with E-state index in [-0.39, 0.29) is 23.7 Å². The van der Waals surface area contributed by atoms with Crippen LogP contribution in [0.1, 0.15) is 51.9 Å². The van der Waals surface area contributed by atoms with E-state index in [1.165, 1.54) is 0 Å². The molecule has 0 aromatic heterocycles. The molecule has 9 nitrogen and oxygen atoms in total. The Bertz CT molecular complexity index is 831. The van der Waals surface area contributed by atoms with E-state index in [1.807, 2.05) is 0 Å². The van der Waals surface area contributed by atoms with E-state index in [9.17, 15) is 35.4 Å². The van der Waals surface area contributed by atoms with Crippen molar-refractivity contribution in [1.82, 2.24) is 0 Å². The van der Waals surface area contributed by atoms with E-state index >= 15 is 0 Å². The van der Waals surface area contributed by atoms with Gasteiger partial charge in [-0.05, 0) is 73.7 Å². The second kappa shape index (κ2) is 8.50. The van der Waals surface area contributed by atoms with Crippen molar-refractivity contribution >= 4 is 5.97 Å². The van der Waals surface area contributed by atoms with Gasteiger partial charge in [-0.1, -0.05) is 13.5 Å². The van der Waals surface area contributed by atoms with E-state index in [4.69, 9.17) is 9.47 Å². The molecule has 9 heteroatoms. The molecule has 0 unspecified atom stereocenters. The van der Waals surface area contributed by atoms with Crippen LogP contribution >= 0.6 is 0 Å². The van der Waals surface area contributed by atoms with Crippen LogP contribution < -0.4 is 0 Å². The van der Waals surface area contributed by atoms with Gasteiger partial charge in [0.15, 0.2) is 6.29 Å². The topological polar surface area (TPSA) is 157 Å². The minimum Gasteiger partial charge on any atom is -0.481 e. The Balaban J connectivity index is 1.43. The van der Waals surface area contributed by atoms with Crippen molar-refractivity contribution in [1.29, 1.82) is 0 Å². The molecule has 6 N–H and O–H groups in total. The van der Waals surface area contributed by atoms with Crippen molar-refractivity contribution in [2.45, 2.75) is 94.8 Å². The Morgan fingerprint density at radius 1 is 1.12 bits per heavy atom. The molecular weight excluding hydrogens is 444 g/mol. The van der Waals surface area contributed by atoms with Crippen molar-refractivity contribution in [3.8, 4) is 0 Å². The molecule has 13 atom stereocenters. The smallest absolute Gasteiger partial charge is 0.306 e. The lowest BCUT2D eigenvalue weighted by Crippen LogP contribution is -2.62. The molecule has 0 aromatic carbocycles. The molecule has 192 valence electrons. The summed E-state index contributed by atoms with van der Waals surface area (Å²) < 4.78 is 11.6. The van der Waals surface area contributed by atoms with Crippen molar-refractivity contribution in [2.75, 3.05) is 6.61 Å². The minimum atomic E-state index is -1.55. The molecule has 1 saturated heterocycles. The van der Waals surface area contributed by atoms with Gasteiger partial charge in [-0.15, -0.1) is 0 Å². The lowest BCUT2D eigenvalue weighted by Gasteiger charge is -2.62. The minimum absolute atomic E-state index is 0.0482. The Morgan fingerprint density at radius 3 is 2.53 bits per heavy atom. The summed E-state index contributed by atoms with van der Waals surface area (Å²) >= 11 is 0. The highest BCUT2D eigenvalue weighted by Gasteiger charge is 2.66. The number of rotatable bonds is 4. The first-order valence-corrected chi connectivity index (χ1v) is 12.6. The molecular formula is C25H38O9. The summed E-state index contributed by atoms with van der Waals surface area (Å²) in [4.78, 5) is 12.4. The predicted octanol–water partition coefficient (Wildman–Crippen LogP) is 0.416. The van der Waals surface area contributed by atoms with Gasteiger partial charge in [0.2, 0.25) is 0 Å². The molecule has 1 spiro atoms. The Kier molecular flexibility index (Phi) is 6.16. The number of fused-ring (bicyclic) bond motifs is 3. The van der Waals surface area contributed by atoms with Crippen molar-refractivity contribution < 1.29 is 44.9 Å². The second-order valence-corrected chi connectivity index (χ2v) is 11.7. The van der Waals surface area contributed by atoms with Gasteiger partial charge in [-0.25, -0.2) is 0 Å². The highest BCUT2D eigenvalue weighted by Crippen LogP contribution is 2.70. The van der Waals surface area contributed by atoms with Crippen LogP contribution in [0.4, 0.5) is 0 Å². The van der Waals surface area contributed by atoms with Crippen LogP contribution in [0.25, 0.3) is 0 Å². The van der Waals surface area contributed by atoms with Crippen LogP contribution in [0.5, 0.6) is 0 Å². The fourth-order valence-corrected chi connectivity index (χ4v) is 8.70. The number of aliphatic hydroxyl groups is 5. The Hall–Kier alpha value is -1.07. The van der Waals surface area contributed by atoms with Gasteiger partial charge in [-0.2, -0.15) is 0 Å². The summed E-state index contributed by atoms with van der Waals surface area (Å²) in [7, 11) is 0. The maximum absolute atomic E-state index is 12.4. The lowest BCUT2D eigenvalue weighted by atomic mass is 9.43. The van der Waals surface area contributed by atoms with Gasteiger partial charge in [0.1, 0.15) is 24.4 Å². The maximum Gasteiger partial charge on any atom is 0.306 e. The fourth-order valence-electron chi connectivity index (χ4n) is 8.70. The lowest BCUT2D eigenvalue weighted by molar-refractivity contribution is -0.319. The molecule has 0 amide bonds. The van der Waals surface area contributed by atoms with E-state index in [2.05, 4.69) is 13.5 Å². The summed E-state index contributed by atoms with van der Waals surface area (Å²) in [5, 5.41) is 61.5. The quantitative estimate of drug-likeness (QED) is 0.247. The van der Waals surface area contributed by atoms with Crippen molar-refractivity contribution in [2.24, 2.45) is 34.5 Å². The van der Waals surface area contributed by atoms with Gasteiger partial charge in [0.25, 0.3) is 0 Å². The van der Waals surface area contributed by atoms with Crippen LogP contribution in [0.15, 0.2) is 12.2 Å². The molecule has 4 saturated carbocycles. The molecule has 0 radical (unpaired) electrons. The molecule has 5 fully saturated rings. The summed E-state index contributed by atoms with van der Waals surface area (Å²) in [5.41, 5.74) is 0.248. The number of carboxylic acids is 1. The molecule has 1 aliphatic heterocycles. The van der Waals surface area contributed by atoms with Crippen LogP contribution in [0.2, 0.25) is 0 Å². The third kappa shape index (κ3) is 3.43. The maximum atomic E-state index is 12.4. The van der Waals surface area contributed by atoms with Crippen LogP contribution in [0.3, 0.4) is 0 Å². The first-order valence-electron chi connectivity index (χ1n) is 12.6. The zero-order valence-corrected chi connectivity index (χ0v) is 19.6. The first kappa shape index (κ1) is 24.6. The number of ether oxygens (including phenoxy) is 2. The third-order valence-corrected chi connectivity index (χ3v) is 10.3. The Morgan fingerprint density at radius 2 is 1.85 bits per heavy atom. The number of carboxylic acid groups (broad SMARTS) is 1. The largest absolute Gasteiger partial charge is 0.481 e. The van der Waals surface area contributed by atoms with E-state index in [1.54, 1.807) is 0 Å². The molecule has 34 heavy (non-hydrogen) atoms. The highest BCUT2D eigenvalue weighted by molar-refractivity contribution is 5.71. The number of aliphatic hydroxyl groups excluding tert-OH is 5. The average Bonchev–Trinajstić information content (AvgIpc) is 2.98. The normalized spacial score (nSPS) is 54.9. The van der Waals surface area contributed by atoms with Crippen LogP contribution in [0, 0.1) is 34.5 Å². The van der Waals surface area contributed by atoms with Crippen LogP contribution in [-0.4, -0.2) is 86.1 Å². The number of carbonyl (C=O) groups is 1. The SMILES string of the molecule is C=C1[C@@H]2CC[C@H]3[C@]4(C)C[C@H](O[C@@H]5O[C@@H](CO)[C@@H](O)[C@H](O)[C@@H]5O)C[C@@H](C(=O)O)[C@H]4CC[C@]3(C2)[C@H]1O. The van der Waals surface area contributed by atoms with Gasteiger partial charge in [0, 0.05) is 5.41 Å². The van der Waals surface area contributed by atoms with Gasteiger partial charge >= 0.3 is 5.97 Å². The van der Waals surface area contributed by atoms with E-state index < -0.39 is 66.8 Å². The molecule has 2 bridgehead atoms. The third-order valence-electron chi connectivity index (χ3n) is 10.3. The molecule has 5 rings (SSSR count). The van der Waals surface area contributed by atoms with Gasteiger partial charge < -0.3 is 40.1 Å². The standard InChI is InChI=1S/C25H38O9/c1-11-12-3-4-17-24(2)9-13(33-23-20(29)19(28)18(27)16(10-26)34-23)7-14(22(31)32)15(24)5-6-25(17,8-12)21(11)30/h12-21,23,26-30H,1,3-10H2,2H3,(H,31,32)/t12-,13-,14-,15-,16+,17+,18-,19+,20+,21+,23-,24-,25-/m1/s1. The van der Waals surface area contributed by atoms with Gasteiger partial charge in [-0.3, -0.25) is 4.79 Å². The van der Waals surface area contributed by atoms with E-state index in [0.717, 1.165) is 37.7 Å². The van der Waals surface area contributed by atoms with Crippen LogP contribution in [-0.2, 0) is 14.3 Å². The van der Waals surface area contributed by atoms with E-state index in [0.29, 0.717) is 12.3 Å². The summed E-state index contributed by atoms with van der Waals surface area (Å²) in [6.45, 7) is 5.76. The molecule has 5 aliphatic rings. The predicted molar refractivity (Wildman–Crippen MR) is 118 cm³/mol. The van der Waals surface area contributed by atoms with Crippen molar-refractivity contribution in [3.63, 3.8) is 0 Å². The summed E-state index contributed by atoms with van der Waals surface area (Å²) in [6.07, 6.45) is -2.98. The summed E-state index contributed by atoms with van der Waals surface area (Å²) in [5.74, 6) is -1.10. The van der Waals surface area contributed by atoms with Gasteiger partial charge in [0.05, 0.1) is 24.7 Å². The monoisotopic (exact) mass is 482 g/mol. The number of hydrogen-bond donors (Lipinski definition) is 6. The average molecular weight is 483 g/mol. The first-order chi connectivity index (χ1) is 16.0. The molecule has 1 heterocycles.